The van der Waals surface area contributed by atoms with Gasteiger partial charge in [-0.15, -0.1) is 0 Å². The summed E-state index contributed by atoms with van der Waals surface area (Å²) in [5.74, 6) is -8.08. The fourth-order valence-electron chi connectivity index (χ4n) is 4.56. The lowest BCUT2D eigenvalue weighted by Crippen LogP contribution is -2.47. The standard InChI is InChI=1S/C24H29F5O2/c1-3-6-16-9-11-18(12-10-16)24(28,29)31-23(30-4-2)14-13-20(21(26)22(23)27)17-7-5-8-19(25)15-17/h5,7-8,13-16,18,20H,3-4,6,9-12H2,1-2H3. The van der Waals surface area contributed by atoms with Crippen LogP contribution in [-0.4, -0.2) is 18.5 Å². The molecule has 2 unspecified atom stereocenters. The molecule has 0 aromatic heterocycles. The van der Waals surface area contributed by atoms with Gasteiger partial charge in [0.1, 0.15) is 11.6 Å². The minimum absolute atomic E-state index is 0.162. The van der Waals surface area contributed by atoms with Crippen LogP contribution in [0.25, 0.3) is 0 Å². The van der Waals surface area contributed by atoms with E-state index in [1.807, 2.05) is 0 Å². The van der Waals surface area contributed by atoms with E-state index in [1.54, 1.807) is 0 Å². The summed E-state index contributed by atoms with van der Waals surface area (Å²) in [5, 5.41) is 0. The van der Waals surface area contributed by atoms with E-state index in [4.69, 9.17) is 9.47 Å². The van der Waals surface area contributed by atoms with Gasteiger partial charge in [0.15, 0.2) is 5.83 Å². The molecular formula is C24H29F5O2. The molecule has 0 aliphatic heterocycles. The molecule has 1 saturated carbocycles. The zero-order valence-electron chi connectivity index (χ0n) is 17.9. The van der Waals surface area contributed by atoms with E-state index in [2.05, 4.69) is 6.92 Å². The van der Waals surface area contributed by atoms with Crippen molar-refractivity contribution in [2.45, 2.75) is 70.2 Å². The molecule has 7 heteroatoms. The molecule has 0 amide bonds. The van der Waals surface area contributed by atoms with Crippen LogP contribution >= 0.6 is 0 Å². The fraction of sp³-hybridized carbons (Fsp3) is 0.583. The predicted molar refractivity (Wildman–Crippen MR) is 108 cm³/mol. The van der Waals surface area contributed by atoms with Crippen molar-refractivity contribution >= 4 is 0 Å². The van der Waals surface area contributed by atoms with E-state index < -0.39 is 41.2 Å². The van der Waals surface area contributed by atoms with Crippen molar-refractivity contribution in [3.63, 3.8) is 0 Å². The topological polar surface area (TPSA) is 18.5 Å². The minimum atomic E-state index is -3.69. The maximum absolute atomic E-state index is 15.2. The Balaban J connectivity index is 1.83. The Hall–Kier alpha value is -1.73. The average molecular weight is 444 g/mol. The summed E-state index contributed by atoms with van der Waals surface area (Å²) in [5.41, 5.74) is 0.162. The number of ether oxygens (including phenoxy) is 2. The van der Waals surface area contributed by atoms with Crippen molar-refractivity contribution in [2.24, 2.45) is 11.8 Å². The van der Waals surface area contributed by atoms with Crippen LogP contribution in [0.2, 0.25) is 0 Å². The molecule has 1 aromatic carbocycles. The second-order valence-electron chi connectivity index (χ2n) is 8.32. The summed E-state index contributed by atoms with van der Waals surface area (Å²) < 4.78 is 83.9. The van der Waals surface area contributed by atoms with Gasteiger partial charge in [0.2, 0.25) is 5.79 Å². The summed E-state index contributed by atoms with van der Waals surface area (Å²) >= 11 is 0. The molecule has 0 N–H and O–H groups in total. The molecule has 0 radical (unpaired) electrons. The number of allylic oxidation sites excluding steroid dienone is 2. The summed E-state index contributed by atoms with van der Waals surface area (Å²) in [6, 6.07) is 5.05. The van der Waals surface area contributed by atoms with Gasteiger partial charge in [-0.2, -0.15) is 8.78 Å². The third kappa shape index (κ3) is 5.20. The Morgan fingerprint density at radius 1 is 1.06 bits per heavy atom. The lowest BCUT2D eigenvalue weighted by Gasteiger charge is -2.40. The molecule has 0 bridgehead atoms. The number of benzene rings is 1. The lowest BCUT2D eigenvalue weighted by molar-refractivity contribution is -0.363. The van der Waals surface area contributed by atoms with Crippen LogP contribution in [0, 0.1) is 17.7 Å². The highest BCUT2D eigenvalue weighted by atomic mass is 19.3. The van der Waals surface area contributed by atoms with E-state index in [0.717, 1.165) is 25.0 Å². The fourth-order valence-corrected chi connectivity index (χ4v) is 4.56. The molecule has 1 fully saturated rings. The molecule has 31 heavy (non-hydrogen) atoms. The molecule has 2 nitrogen and oxygen atoms in total. The van der Waals surface area contributed by atoms with Crippen molar-refractivity contribution in [1.29, 1.82) is 0 Å². The highest BCUT2D eigenvalue weighted by Gasteiger charge is 2.53. The first-order valence-corrected chi connectivity index (χ1v) is 10.9. The largest absolute Gasteiger partial charge is 0.361 e. The summed E-state index contributed by atoms with van der Waals surface area (Å²) in [6.07, 6.45) is 2.27. The molecule has 0 spiro atoms. The van der Waals surface area contributed by atoms with E-state index in [1.165, 1.54) is 31.2 Å². The van der Waals surface area contributed by atoms with Crippen LogP contribution < -0.4 is 0 Å². The zero-order valence-corrected chi connectivity index (χ0v) is 17.9. The van der Waals surface area contributed by atoms with Gasteiger partial charge in [-0.3, -0.25) is 4.74 Å². The van der Waals surface area contributed by atoms with Crippen molar-refractivity contribution in [2.75, 3.05) is 6.61 Å². The first-order chi connectivity index (χ1) is 14.7. The molecule has 0 heterocycles. The smallest absolute Gasteiger partial charge is 0.341 e. The number of alkyl halides is 2. The second kappa shape index (κ2) is 9.82. The van der Waals surface area contributed by atoms with Gasteiger partial charge >= 0.3 is 6.11 Å². The van der Waals surface area contributed by atoms with E-state index in [-0.39, 0.29) is 25.0 Å². The first kappa shape index (κ1) is 23.9. The van der Waals surface area contributed by atoms with Gasteiger partial charge in [-0.05, 0) is 62.3 Å². The predicted octanol–water partition coefficient (Wildman–Crippen LogP) is 7.58. The van der Waals surface area contributed by atoms with Crippen LogP contribution in [0.15, 0.2) is 48.1 Å². The van der Waals surface area contributed by atoms with Gasteiger partial charge in [-0.25, -0.2) is 13.2 Å². The van der Waals surface area contributed by atoms with Crippen molar-refractivity contribution in [3.05, 3.63) is 59.5 Å². The maximum atomic E-state index is 15.2. The Labute approximate surface area is 180 Å². The maximum Gasteiger partial charge on any atom is 0.361 e. The lowest BCUT2D eigenvalue weighted by atomic mass is 9.79. The SMILES string of the molecule is CCCC1CCC(C(F)(F)OC2(OCC)C=CC(c3cccc(F)c3)C(F)=C2F)CC1. The van der Waals surface area contributed by atoms with Crippen molar-refractivity contribution < 1.29 is 31.4 Å². The number of rotatable bonds is 8. The summed E-state index contributed by atoms with van der Waals surface area (Å²) in [6.45, 7) is 3.37. The Kier molecular flexibility index (Phi) is 7.58. The van der Waals surface area contributed by atoms with Crippen LogP contribution in [0.3, 0.4) is 0 Å². The van der Waals surface area contributed by atoms with Gasteiger partial charge in [0.05, 0.1) is 11.8 Å². The monoisotopic (exact) mass is 444 g/mol. The number of hydrogen-bond acceptors (Lipinski definition) is 2. The summed E-state index contributed by atoms with van der Waals surface area (Å²) in [4.78, 5) is 0. The zero-order chi connectivity index (χ0) is 22.6. The summed E-state index contributed by atoms with van der Waals surface area (Å²) in [7, 11) is 0. The molecule has 3 rings (SSSR count). The first-order valence-electron chi connectivity index (χ1n) is 10.9. The Bertz CT molecular complexity index is 814. The molecule has 2 aliphatic carbocycles. The molecule has 0 saturated heterocycles. The van der Waals surface area contributed by atoms with Gasteiger partial charge in [0, 0.05) is 6.61 Å². The van der Waals surface area contributed by atoms with Gasteiger partial charge in [-0.1, -0.05) is 38.0 Å². The van der Waals surface area contributed by atoms with Crippen LogP contribution in [0.1, 0.15) is 63.9 Å². The molecule has 1 aromatic rings. The van der Waals surface area contributed by atoms with E-state index in [9.17, 15) is 8.78 Å². The highest BCUT2D eigenvalue weighted by molar-refractivity contribution is 5.39. The van der Waals surface area contributed by atoms with Crippen LogP contribution in [-0.2, 0) is 9.47 Å². The molecule has 2 atom stereocenters. The van der Waals surface area contributed by atoms with Crippen LogP contribution in [0.4, 0.5) is 22.0 Å². The Morgan fingerprint density at radius 2 is 1.77 bits per heavy atom. The number of halogens is 5. The van der Waals surface area contributed by atoms with E-state index >= 15 is 13.2 Å². The molecular weight excluding hydrogens is 415 g/mol. The third-order valence-corrected chi connectivity index (χ3v) is 6.17. The second-order valence-corrected chi connectivity index (χ2v) is 8.32. The van der Waals surface area contributed by atoms with Gasteiger partial charge in [0.25, 0.3) is 0 Å². The third-order valence-electron chi connectivity index (χ3n) is 6.17. The molecule has 2 aliphatic rings. The normalized spacial score (nSPS) is 29.5. The van der Waals surface area contributed by atoms with Gasteiger partial charge < -0.3 is 4.74 Å². The highest BCUT2D eigenvalue weighted by Crippen LogP contribution is 2.48. The Morgan fingerprint density at radius 3 is 2.39 bits per heavy atom. The number of hydrogen-bond donors (Lipinski definition) is 0. The van der Waals surface area contributed by atoms with Crippen molar-refractivity contribution in [1.82, 2.24) is 0 Å². The van der Waals surface area contributed by atoms with E-state index in [0.29, 0.717) is 18.8 Å². The average Bonchev–Trinajstić information content (AvgIpc) is 2.73. The molecule has 172 valence electrons. The van der Waals surface area contributed by atoms with Crippen molar-refractivity contribution in [3.8, 4) is 0 Å². The van der Waals surface area contributed by atoms with Crippen LogP contribution in [0.5, 0.6) is 0 Å². The minimum Gasteiger partial charge on any atom is -0.341 e. The quantitative estimate of drug-likeness (QED) is 0.234.